The van der Waals surface area contributed by atoms with Gasteiger partial charge in [-0.05, 0) is 39.2 Å². The van der Waals surface area contributed by atoms with Gasteiger partial charge in [0.2, 0.25) is 0 Å². The molecule has 140 valence electrons. The second-order valence-electron chi connectivity index (χ2n) is 6.91. The molecule has 1 aromatic rings. The van der Waals surface area contributed by atoms with Crippen LogP contribution in [0.4, 0.5) is 0 Å². The SMILES string of the molecule is CC(=O)c1c(C)[nH]c(C(=O)OCC(=O)N(C)C2(C#N)CCCCC2)c1C. The number of nitriles is 1. The molecular weight excluding hydrogens is 334 g/mol. The topological polar surface area (TPSA) is 103 Å². The third-order valence-corrected chi connectivity index (χ3v) is 5.23. The van der Waals surface area contributed by atoms with Gasteiger partial charge in [0.25, 0.3) is 5.91 Å². The van der Waals surface area contributed by atoms with Crippen molar-refractivity contribution in [2.45, 2.75) is 58.4 Å². The second kappa shape index (κ2) is 7.73. The minimum Gasteiger partial charge on any atom is -0.451 e. The molecule has 1 aromatic heterocycles. The number of ketones is 1. The zero-order chi connectivity index (χ0) is 19.5. The van der Waals surface area contributed by atoms with Crippen LogP contribution < -0.4 is 0 Å². The highest BCUT2D eigenvalue weighted by atomic mass is 16.5. The highest BCUT2D eigenvalue weighted by Crippen LogP contribution is 2.32. The molecule has 1 N–H and O–H groups in total. The summed E-state index contributed by atoms with van der Waals surface area (Å²) in [6, 6.07) is 2.27. The molecule has 1 aliphatic rings. The van der Waals surface area contributed by atoms with E-state index in [1.54, 1.807) is 20.9 Å². The molecule has 0 aromatic carbocycles. The number of nitrogens with zero attached hydrogens (tertiary/aromatic N) is 2. The molecule has 0 aliphatic heterocycles. The Kier molecular flexibility index (Phi) is 5.86. The van der Waals surface area contributed by atoms with E-state index in [-0.39, 0.29) is 11.5 Å². The maximum absolute atomic E-state index is 12.4. The average molecular weight is 359 g/mol. The molecule has 0 atom stereocenters. The van der Waals surface area contributed by atoms with Gasteiger partial charge in [-0.15, -0.1) is 0 Å². The van der Waals surface area contributed by atoms with Crippen LogP contribution in [-0.4, -0.2) is 46.7 Å². The molecule has 1 fully saturated rings. The lowest BCUT2D eigenvalue weighted by Crippen LogP contribution is -2.51. The number of Topliss-reactive ketones (excluding diaryl/α,β-unsaturated/α-hetero) is 1. The number of esters is 1. The first-order valence-electron chi connectivity index (χ1n) is 8.78. The quantitative estimate of drug-likeness (QED) is 0.643. The maximum atomic E-state index is 12.4. The van der Waals surface area contributed by atoms with Gasteiger partial charge >= 0.3 is 5.97 Å². The fourth-order valence-electron chi connectivity index (χ4n) is 3.68. The third kappa shape index (κ3) is 3.64. The molecule has 1 heterocycles. The standard InChI is InChI=1S/C19H25N3O4/c1-12-16(14(3)23)13(2)21-17(12)18(25)26-10-15(24)22(4)19(11-20)8-6-5-7-9-19/h21H,5-10H2,1-4H3. The van der Waals surface area contributed by atoms with Gasteiger partial charge in [0.15, 0.2) is 12.4 Å². The summed E-state index contributed by atoms with van der Waals surface area (Å²) in [4.78, 5) is 40.7. The summed E-state index contributed by atoms with van der Waals surface area (Å²) in [6.45, 7) is 4.37. The van der Waals surface area contributed by atoms with Crippen LogP contribution in [0, 0.1) is 25.2 Å². The fraction of sp³-hybridized carbons (Fsp3) is 0.579. The molecule has 1 saturated carbocycles. The van der Waals surface area contributed by atoms with Crippen LogP contribution in [0.1, 0.15) is 71.1 Å². The summed E-state index contributed by atoms with van der Waals surface area (Å²) in [5, 5.41) is 9.55. The Morgan fingerprint density at radius 3 is 2.35 bits per heavy atom. The molecule has 0 radical (unpaired) electrons. The van der Waals surface area contributed by atoms with Crippen molar-refractivity contribution in [3.8, 4) is 6.07 Å². The Morgan fingerprint density at radius 1 is 1.23 bits per heavy atom. The van der Waals surface area contributed by atoms with E-state index in [0.29, 0.717) is 29.7 Å². The normalized spacial score (nSPS) is 15.8. The first kappa shape index (κ1) is 19.7. The predicted octanol–water partition coefficient (Wildman–Crippen LogP) is 2.68. The van der Waals surface area contributed by atoms with Crippen molar-refractivity contribution in [1.29, 1.82) is 5.26 Å². The van der Waals surface area contributed by atoms with Crippen molar-refractivity contribution in [1.82, 2.24) is 9.88 Å². The van der Waals surface area contributed by atoms with Crippen LogP contribution in [-0.2, 0) is 9.53 Å². The first-order valence-corrected chi connectivity index (χ1v) is 8.78. The molecule has 0 unspecified atom stereocenters. The lowest BCUT2D eigenvalue weighted by atomic mass is 9.81. The van der Waals surface area contributed by atoms with E-state index in [2.05, 4.69) is 11.1 Å². The smallest absolute Gasteiger partial charge is 0.355 e. The first-order chi connectivity index (χ1) is 12.2. The number of likely N-dealkylation sites (N-methyl/N-ethyl adjacent to an activating group) is 1. The van der Waals surface area contributed by atoms with Crippen molar-refractivity contribution >= 4 is 17.7 Å². The molecule has 26 heavy (non-hydrogen) atoms. The summed E-state index contributed by atoms with van der Waals surface area (Å²) < 4.78 is 5.14. The molecular formula is C19H25N3O4. The maximum Gasteiger partial charge on any atom is 0.355 e. The summed E-state index contributed by atoms with van der Waals surface area (Å²) in [5.74, 6) is -1.23. The van der Waals surface area contributed by atoms with Crippen LogP contribution in [0.3, 0.4) is 0 Å². The lowest BCUT2D eigenvalue weighted by molar-refractivity contribution is -0.138. The fourth-order valence-corrected chi connectivity index (χ4v) is 3.68. The van der Waals surface area contributed by atoms with Gasteiger partial charge in [0.05, 0.1) is 6.07 Å². The molecule has 0 bridgehead atoms. The van der Waals surface area contributed by atoms with Crippen LogP contribution in [0.15, 0.2) is 0 Å². The van der Waals surface area contributed by atoms with Gasteiger partial charge in [-0.25, -0.2) is 4.79 Å². The zero-order valence-electron chi connectivity index (χ0n) is 15.8. The Morgan fingerprint density at radius 2 is 1.85 bits per heavy atom. The van der Waals surface area contributed by atoms with E-state index < -0.39 is 24.0 Å². The summed E-state index contributed by atoms with van der Waals surface area (Å²) in [5.41, 5.74) is 0.933. The second-order valence-corrected chi connectivity index (χ2v) is 6.91. The van der Waals surface area contributed by atoms with E-state index in [9.17, 15) is 19.6 Å². The van der Waals surface area contributed by atoms with Crippen molar-refractivity contribution < 1.29 is 19.1 Å². The number of H-pyrrole nitrogens is 1. The molecule has 0 spiro atoms. The molecule has 0 saturated heterocycles. The summed E-state index contributed by atoms with van der Waals surface area (Å²) in [7, 11) is 1.59. The summed E-state index contributed by atoms with van der Waals surface area (Å²) >= 11 is 0. The van der Waals surface area contributed by atoms with Crippen LogP contribution in [0.5, 0.6) is 0 Å². The van der Waals surface area contributed by atoms with Crippen LogP contribution in [0.25, 0.3) is 0 Å². The Hall–Kier alpha value is -2.62. The van der Waals surface area contributed by atoms with Crippen molar-refractivity contribution in [2.75, 3.05) is 13.7 Å². The zero-order valence-corrected chi connectivity index (χ0v) is 15.8. The van der Waals surface area contributed by atoms with E-state index in [1.807, 2.05) is 0 Å². The number of carbonyl (C=O) groups excluding carboxylic acids is 3. The average Bonchev–Trinajstić information content (AvgIpc) is 2.93. The minimum absolute atomic E-state index is 0.139. The predicted molar refractivity (Wildman–Crippen MR) is 94.8 cm³/mol. The van der Waals surface area contributed by atoms with E-state index >= 15 is 0 Å². The van der Waals surface area contributed by atoms with E-state index in [4.69, 9.17) is 4.74 Å². The minimum atomic E-state index is -0.817. The highest BCUT2D eigenvalue weighted by molar-refractivity contribution is 6.01. The van der Waals surface area contributed by atoms with Gasteiger partial charge in [0, 0.05) is 18.3 Å². The van der Waals surface area contributed by atoms with Crippen LogP contribution in [0.2, 0.25) is 0 Å². The van der Waals surface area contributed by atoms with E-state index in [0.717, 1.165) is 19.3 Å². The number of aromatic amines is 1. The van der Waals surface area contributed by atoms with Gasteiger partial charge in [-0.2, -0.15) is 5.26 Å². The van der Waals surface area contributed by atoms with Gasteiger partial charge in [-0.3, -0.25) is 9.59 Å². The molecule has 2 rings (SSSR count). The Labute approximate surface area is 153 Å². The number of amides is 1. The number of nitrogens with one attached hydrogen (secondary N) is 1. The number of hydrogen-bond donors (Lipinski definition) is 1. The van der Waals surface area contributed by atoms with Crippen molar-refractivity contribution in [3.05, 3.63) is 22.5 Å². The number of hydrogen-bond acceptors (Lipinski definition) is 5. The van der Waals surface area contributed by atoms with Gasteiger partial charge < -0.3 is 14.6 Å². The van der Waals surface area contributed by atoms with Crippen molar-refractivity contribution in [3.63, 3.8) is 0 Å². The number of carbonyl (C=O) groups is 3. The number of rotatable bonds is 5. The third-order valence-electron chi connectivity index (χ3n) is 5.23. The molecule has 1 amide bonds. The number of ether oxygens (including phenoxy) is 1. The Bertz CT molecular complexity index is 766. The molecule has 1 aliphatic carbocycles. The summed E-state index contributed by atoms with van der Waals surface area (Å²) in [6.07, 6.45) is 4.14. The van der Waals surface area contributed by atoms with E-state index in [1.165, 1.54) is 11.8 Å². The monoisotopic (exact) mass is 359 g/mol. The number of aromatic nitrogens is 1. The highest BCUT2D eigenvalue weighted by Gasteiger charge is 2.39. The Balaban J connectivity index is 2.05. The van der Waals surface area contributed by atoms with Crippen LogP contribution >= 0.6 is 0 Å². The molecule has 7 heteroatoms. The largest absolute Gasteiger partial charge is 0.451 e. The molecule has 7 nitrogen and oxygen atoms in total. The number of aryl methyl sites for hydroxylation is 1. The van der Waals surface area contributed by atoms with Gasteiger partial charge in [0.1, 0.15) is 11.2 Å². The van der Waals surface area contributed by atoms with Gasteiger partial charge in [-0.1, -0.05) is 19.3 Å². The lowest BCUT2D eigenvalue weighted by Gasteiger charge is -2.38. The van der Waals surface area contributed by atoms with Crippen molar-refractivity contribution in [2.24, 2.45) is 0 Å².